The Kier molecular flexibility index (Phi) is 6.92. The summed E-state index contributed by atoms with van der Waals surface area (Å²) < 4.78 is 45.8. The van der Waals surface area contributed by atoms with Crippen molar-refractivity contribution in [1.82, 2.24) is 0 Å². The fourth-order valence-electron chi connectivity index (χ4n) is 3.69. The van der Waals surface area contributed by atoms with E-state index in [1.54, 1.807) is 39.0 Å². The molecule has 34 heavy (non-hydrogen) atoms. The molecule has 0 saturated carbocycles. The van der Waals surface area contributed by atoms with Crippen LogP contribution >= 0.6 is 0 Å². The normalized spacial score (nSPS) is 17.6. The predicted molar refractivity (Wildman–Crippen MR) is 136 cm³/mol. The number of hydrogen-bond acceptors (Lipinski definition) is 6. The molecule has 186 valence electrons. The smallest absolute Gasteiger partial charge is 0.457 e. The summed E-state index contributed by atoms with van der Waals surface area (Å²) in [6.07, 6.45) is 0. The van der Waals surface area contributed by atoms with E-state index in [9.17, 15) is 13.5 Å². The molecule has 0 aromatic heterocycles. The number of ether oxygens (including phenoxy) is 1. The third-order valence-corrected chi connectivity index (χ3v) is 7.86. The Morgan fingerprint density at radius 2 is 1.56 bits per heavy atom. The van der Waals surface area contributed by atoms with Crippen molar-refractivity contribution in [2.75, 3.05) is 10.5 Å². The Morgan fingerprint density at radius 3 is 2.03 bits per heavy atom. The van der Waals surface area contributed by atoms with Crippen LogP contribution in [0.5, 0.6) is 11.5 Å². The molecule has 0 unspecified atom stereocenters. The van der Waals surface area contributed by atoms with Crippen LogP contribution in [-0.4, -0.2) is 37.6 Å². The maximum absolute atomic E-state index is 12.2. The summed E-state index contributed by atoms with van der Waals surface area (Å²) in [5.74, 6) is 1.12. The first-order valence-electron chi connectivity index (χ1n) is 11.5. The van der Waals surface area contributed by atoms with Crippen LogP contribution in [0.2, 0.25) is 0 Å². The van der Waals surface area contributed by atoms with Gasteiger partial charge in [-0.25, -0.2) is 8.42 Å². The molecule has 0 aliphatic carbocycles. The largest absolute Gasteiger partial charge is 0.498 e. The summed E-state index contributed by atoms with van der Waals surface area (Å²) in [5.41, 5.74) is 1.40. The molecule has 0 radical (unpaired) electrons. The van der Waals surface area contributed by atoms with E-state index in [0.717, 1.165) is 16.7 Å². The second-order valence-corrected chi connectivity index (χ2v) is 12.5. The SMILES string of the molecule is CCS(=O)(=O)Nc1ccc(Oc2c(C)cc(C(C)(C)O)cc2C)c(B2OC(C)(C)C(C)(C)O2)c1. The van der Waals surface area contributed by atoms with Gasteiger partial charge in [-0.15, -0.1) is 0 Å². The van der Waals surface area contributed by atoms with E-state index >= 15 is 0 Å². The van der Waals surface area contributed by atoms with Crippen LogP contribution in [0.1, 0.15) is 65.2 Å². The molecule has 2 N–H and O–H groups in total. The molecule has 2 aromatic rings. The molecule has 3 rings (SSSR count). The molecule has 0 bridgehead atoms. The van der Waals surface area contributed by atoms with Crippen molar-refractivity contribution in [3.8, 4) is 11.5 Å². The number of nitrogens with one attached hydrogen (secondary N) is 1. The monoisotopic (exact) mass is 489 g/mol. The molecule has 1 aliphatic rings. The minimum Gasteiger partial charge on any atom is -0.457 e. The van der Waals surface area contributed by atoms with E-state index in [1.807, 2.05) is 53.7 Å². The van der Waals surface area contributed by atoms with E-state index in [0.29, 0.717) is 22.6 Å². The first-order valence-corrected chi connectivity index (χ1v) is 13.1. The van der Waals surface area contributed by atoms with Gasteiger partial charge >= 0.3 is 7.12 Å². The molecule has 0 spiro atoms. The van der Waals surface area contributed by atoms with Crippen LogP contribution in [0.15, 0.2) is 30.3 Å². The van der Waals surface area contributed by atoms with Crippen LogP contribution in [0.25, 0.3) is 0 Å². The summed E-state index contributed by atoms with van der Waals surface area (Å²) in [4.78, 5) is 0. The predicted octanol–water partition coefficient (Wildman–Crippen LogP) is 4.38. The van der Waals surface area contributed by atoms with Crippen molar-refractivity contribution in [3.05, 3.63) is 47.0 Å². The van der Waals surface area contributed by atoms with E-state index < -0.39 is 33.9 Å². The Bertz CT molecular complexity index is 1150. The summed E-state index contributed by atoms with van der Waals surface area (Å²) in [6.45, 7) is 16.8. The molecule has 1 fully saturated rings. The molecular weight excluding hydrogens is 453 g/mol. The van der Waals surface area contributed by atoms with Gasteiger partial charge in [0.05, 0.1) is 22.6 Å². The summed E-state index contributed by atoms with van der Waals surface area (Å²) >= 11 is 0. The van der Waals surface area contributed by atoms with Gasteiger partial charge in [0.15, 0.2) is 0 Å². The van der Waals surface area contributed by atoms with Gasteiger partial charge < -0.3 is 19.2 Å². The summed E-state index contributed by atoms with van der Waals surface area (Å²) in [5, 5.41) is 10.4. The second kappa shape index (κ2) is 8.86. The average Bonchev–Trinajstić information content (AvgIpc) is 2.91. The molecule has 2 aromatic carbocycles. The van der Waals surface area contributed by atoms with Gasteiger partial charge in [0.1, 0.15) is 11.5 Å². The summed E-state index contributed by atoms with van der Waals surface area (Å²) in [7, 11) is -4.21. The molecule has 7 nitrogen and oxygen atoms in total. The lowest BCUT2D eigenvalue weighted by Gasteiger charge is -2.32. The van der Waals surface area contributed by atoms with Crippen molar-refractivity contribution in [3.63, 3.8) is 0 Å². The highest BCUT2D eigenvalue weighted by Gasteiger charge is 2.52. The second-order valence-electron chi connectivity index (χ2n) is 10.4. The van der Waals surface area contributed by atoms with Crippen molar-refractivity contribution >= 4 is 28.3 Å². The quantitative estimate of drug-likeness (QED) is 0.561. The molecule has 1 aliphatic heterocycles. The van der Waals surface area contributed by atoms with Gasteiger partial charge in [0.25, 0.3) is 0 Å². The van der Waals surface area contributed by atoms with Gasteiger partial charge in [-0.1, -0.05) is 0 Å². The molecular formula is C25H36BNO6S. The van der Waals surface area contributed by atoms with Gasteiger partial charge in [-0.2, -0.15) is 0 Å². The van der Waals surface area contributed by atoms with Gasteiger partial charge in [0, 0.05) is 11.2 Å². The van der Waals surface area contributed by atoms with Crippen molar-refractivity contribution in [2.45, 2.75) is 79.1 Å². The Labute approximate surface area is 204 Å². The van der Waals surface area contributed by atoms with Gasteiger partial charge in [-0.05, 0) is 109 Å². The lowest BCUT2D eigenvalue weighted by atomic mass is 9.78. The highest BCUT2D eigenvalue weighted by atomic mass is 32.2. The maximum atomic E-state index is 12.2. The van der Waals surface area contributed by atoms with Crippen molar-refractivity contribution < 1.29 is 27.6 Å². The zero-order chi connectivity index (χ0) is 25.7. The maximum Gasteiger partial charge on any atom is 0.498 e. The zero-order valence-corrected chi connectivity index (χ0v) is 22.4. The lowest BCUT2D eigenvalue weighted by molar-refractivity contribution is 0.00578. The fraction of sp³-hybridized carbons (Fsp3) is 0.520. The molecule has 1 heterocycles. The Balaban J connectivity index is 2.07. The van der Waals surface area contributed by atoms with Crippen molar-refractivity contribution in [2.24, 2.45) is 0 Å². The Hall–Kier alpha value is -2.07. The zero-order valence-electron chi connectivity index (χ0n) is 21.6. The van der Waals surface area contributed by atoms with Gasteiger partial charge in [0.2, 0.25) is 10.0 Å². The molecule has 0 atom stereocenters. The van der Waals surface area contributed by atoms with Crippen LogP contribution in [0.4, 0.5) is 5.69 Å². The number of anilines is 1. The van der Waals surface area contributed by atoms with E-state index in [2.05, 4.69) is 4.72 Å². The van der Waals surface area contributed by atoms with Crippen molar-refractivity contribution in [1.29, 1.82) is 0 Å². The van der Waals surface area contributed by atoms with Gasteiger partial charge in [-0.3, -0.25) is 4.72 Å². The first kappa shape index (κ1) is 26.5. The van der Waals surface area contributed by atoms with Crippen LogP contribution in [0.3, 0.4) is 0 Å². The molecule has 9 heteroatoms. The van der Waals surface area contributed by atoms with E-state index in [4.69, 9.17) is 14.0 Å². The third kappa shape index (κ3) is 5.43. The topological polar surface area (TPSA) is 94.1 Å². The third-order valence-electron chi connectivity index (χ3n) is 6.55. The number of rotatable bonds is 7. The van der Waals surface area contributed by atoms with Crippen LogP contribution in [-0.2, 0) is 24.9 Å². The standard InChI is InChI=1S/C25H36BNO6S/c1-10-34(29,30)27-19-11-12-21(20(15-19)26-32-24(6,7)25(8,9)33-26)31-22-16(2)13-18(14-17(22)3)23(4,5)28/h11-15,27-28H,10H2,1-9H3. The summed E-state index contributed by atoms with van der Waals surface area (Å²) in [6, 6.07) is 8.88. The van der Waals surface area contributed by atoms with Crippen LogP contribution < -0.4 is 14.9 Å². The number of benzene rings is 2. The minimum atomic E-state index is -3.46. The number of aryl methyl sites for hydroxylation is 2. The Morgan fingerprint density at radius 1 is 1.03 bits per heavy atom. The minimum absolute atomic E-state index is 0.0387. The van der Waals surface area contributed by atoms with Crippen LogP contribution in [0, 0.1) is 13.8 Å². The average molecular weight is 489 g/mol. The number of sulfonamides is 1. The first-order chi connectivity index (χ1) is 15.5. The fourth-order valence-corrected chi connectivity index (χ4v) is 4.32. The van der Waals surface area contributed by atoms with E-state index in [-0.39, 0.29) is 5.75 Å². The number of hydrogen-bond donors (Lipinski definition) is 2. The highest BCUT2D eigenvalue weighted by molar-refractivity contribution is 7.92. The lowest BCUT2D eigenvalue weighted by Crippen LogP contribution is -2.41. The molecule has 1 saturated heterocycles. The van der Waals surface area contributed by atoms with E-state index in [1.165, 1.54) is 0 Å². The molecule has 0 amide bonds. The highest BCUT2D eigenvalue weighted by Crippen LogP contribution is 2.39. The number of aliphatic hydroxyl groups is 1.